The number of nitrogens with two attached hydrogens (primary N) is 1. The molecule has 2 nitrogen and oxygen atoms in total. The van der Waals surface area contributed by atoms with Crippen LogP contribution in [0.4, 0.5) is 0 Å². The summed E-state index contributed by atoms with van der Waals surface area (Å²) in [5.74, 6) is 0. The fourth-order valence-electron chi connectivity index (χ4n) is 2.28. The lowest BCUT2D eigenvalue weighted by atomic mass is 9.99. The third-order valence-electron chi connectivity index (χ3n) is 3.33. The molecule has 0 saturated heterocycles. The Morgan fingerprint density at radius 2 is 1.35 bits per heavy atom. The summed E-state index contributed by atoms with van der Waals surface area (Å²) in [5, 5.41) is 0. The van der Waals surface area contributed by atoms with E-state index in [-0.39, 0.29) is 0 Å². The molecule has 0 aliphatic rings. The maximum absolute atomic E-state index is 5.66. The molecular weight excluding hydrogens is 244 g/mol. The maximum atomic E-state index is 5.66. The highest BCUT2D eigenvalue weighted by molar-refractivity contribution is 5.72. The molecule has 20 heavy (non-hydrogen) atoms. The van der Waals surface area contributed by atoms with Crippen LogP contribution in [0.25, 0.3) is 22.3 Å². The molecule has 98 valence electrons. The van der Waals surface area contributed by atoms with Crippen molar-refractivity contribution in [2.45, 2.75) is 6.54 Å². The summed E-state index contributed by atoms with van der Waals surface area (Å²) >= 11 is 0. The summed E-state index contributed by atoms with van der Waals surface area (Å²) in [6.07, 6.45) is 1.81. The average molecular weight is 260 g/mol. The summed E-state index contributed by atoms with van der Waals surface area (Å²) in [6.45, 7) is 0.464. The molecule has 0 radical (unpaired) electrons. The number of rotatable bonds is 3. The van der Waals surface area contributed by atoms with Gasteiger partial charge >= 0.3 is 0 Å². The van der Waals surface area contributed by atoms with E-state index in [0.717, 1.165) is 11.3 Å². The smallest absolute Gasteiger partial charge is 0.0545 e. The summed E-state index contributed by atoms with van der Waals surface area (Å²) in [6, 6.07) is 23.0. The highest BCUT2D eigenvalue weighted by Crippen LogP contribution is 2.26. The van der Waals surface area contributed by atoms with E-state index in [0.29, 0.717) is 6.54 Å². The Bertz CT molecular complexity index is 705. The molecule has 0 atom stereocenters. The first-order chi connectivity index (χ1) is 9.86. The first-order valence-corrected chi connectivity index (χ1v) is 6.68. The molecule has 3 aromatic rings. The number of aromatic nitrogens is 1. The van der Waals surface area contributed by atoms with Gasteiger partial charge in [-0.2, -0.15) is 0 Å². The molecule has 0 aliphatic heterocycles. The predicted octanol–water partition coefficient (Wildman–Crippen LogP) is 3.87. The Labute approximate surface area is 118 Å². The second kappa shape index (κ2) is 5.68. The summed E-state index contributed by atoms with van der Waals surface area (Å²) in [5.41, 5.74) is 11.3. The van der Waals surface area contributed by atoms with Crippen molar-refractivity contribution in [3.05, 3.63) is 78.6 Å². The monoisotopic (exact) mass is 260 g/mol. The van der Waals surface area contributed by atoms with Crippen LogP contribution < -0.4 is 5.73 Å². The van der Waals surface area contributed by atoms with Crippen LogP contribution in [0, 0.1) is 0 Å². The highest BCUT2D eigenvalue weighted by atomic mass is 14.7. The fraction of sp³-hybridized carbons (Fsp3) is 0.0556. The van der Waals surface area contributed by atoms with Gasteiger partial charge in [0.1, 0.15) is 0 Å². The first kappa shape index (κ1) is 12.6. The van der Waals surface area contributed by atoms with Crippen molar-refractivity contribution in [3.8, 4) is 22.3 Å². The second-order valence-corrected chi connectivity index (χ2v) is 4.69. The van der Waals surface area contributed by atoms with Crippen LogP contribution in [0.1, 0.15) is 5.69 Å². The van der Waals surface area contributed by atoms with Gasteiger partial charge in [0.25, 0.3) is 0 Å². The molecule has 0 aliphatic carbocycles. The molecule has 1 heterocycles. The summed E-state index contributed by atoms with van der Waals surface area (Å²) < 4.78 is 0. The third-order valence-corrected chi connectivity index (χ3v) is 3.33. The van der Waals surface area contributed by atoms with E-state index >= 15 is 0 Å². The number of pyridine rings is 1. The maximum Gasteiger partial charge on any atom is 0.0545 e. The Balaban J connectivity index is 2.03. The van der Waals surface area contributed by atoms with Crippen LogP contribution in [-0.2, 0) is 6.54 Å². The van der Waals surface area contributed by atoms with Crippen LogP contribution in [0.15, 0.2) is 72.9 Å². The van der Waals surface area contributed by atoms with Crippen LogP contribution in [-0.4, -0.2) is 4.98 Å². The zero-order valence-corrected chi connectivity index (χ0v) is 11.2. The lowest BCUT2D eigenvalue weighted by molar-refractivity contribution is 0.992. The predicted molar refractivity (Wildman–Crippen MR) is 83.0 cm³/mol. The van der Waals surface area contributed by atoms with E-state index in [4.69, 9.17) is 5.73 Å². The lowest BCUT2D eigenvalue weighted by Gasteiger charge is -2.07. The van der Waals surface area contributed by atoms with Crippen LogP contribution in [0.5, 0.6) is 0 Å². The first-order valence-electron chi connectivity index (χ1n) is 6.68. The van der Waals surface area contributed by atoms with Crippen molar-refractivity contribution >= 4 is 0 Å². The van der Waals surface area contributed by atoms with Crippen LogP contribution >= 0.6 is 0 Å². The van der Waals surface area contributed by atoms with E-state index in [1.54, 1.807) is 0 Å². The number of hydrogen-bond donors (Lipinski definition) is 1. The standard InChI is InChI=1S/C18H16N2/c19-13-18-12-17(9-10-20-18)16-8-4-7-15(11-16)14-5-2-1-3-6-14/h1-12H,13,19H2. The molecule has 3 rings (SSSR count). The van der Waals surface area contributed by atoms with Gasteiger partial charge < -0.3 is 5.73 Å². The van der Waals surface area contributed by atoms with Gasteiger partial charge in [-0.25, -0.2) is 0 Å². The molecule has 2 aromatic carbocycles. The fourth-order valence-corrected chi connectivity index (χ4v) is 2.28. The molecule has 1 aromatic heterocycles. The van der Waals surface area contributed by atoms with Crippen molar-refractivity contribution in [1.29, 1.82) is 0 Å². The Morgan fingerprint density at radius 3 is 2.10 bits per heavy atom. The molecular formula is C18H16N2. The van der Waals surface area contributed by atoms with Crippen molar-refractivity contribution in [1.82, 2.24) is 4.98 Å². The quantitative estimate of drug-likeness (QED) is 0.776. The van der Waals surface area contributed by atoms with E-state index in [1.165, 1.54) is 16.7 Å². The molecule has 2 N–H and O–H groups in total. The minimum Gasteiger partial charge on any atom is -0.325 e. The lowest BCUT2D eigenvalue weighted by Crippen LogP contribution is -1.98. The number of hydrogen-bond acceptors (Lipinski definition) is 2. The Kier molecular flexibility index (Phi) is 3.57. The minimum atomic E-state index is 0.464. The largest absolute Gasteiger partial charge is 0.325 e. The molecule has 2 heteroatoms. The van der Waals surface area contributed by atoms with Gasteiger partial charge in [-0.15, -0.1) is 0 Å². The zero-order chi connectivity index (χ0) is 13.8. The van der Waals surface area contributed by atoms with Gasteiger partial charge in [0, 0.05) is 12.7 Å². The van der Waals surface area contributed by atoms with Gasteiger partial charge in [0.05, 0.1) is 5.69 Å². The molecule has 0 unspecified atom stereocenters. The normalized spacial score (nSPS) is 10.4. The Hall–Kier alpha value is -2.45. The average Bonchev–Trinajstić information content (AvgIpc) is 2.56. The van der Waals surface area contributed by atoms with E-state index in [2.05, 4.69) is 53.5 Å². The Morgan fingerprint density at radius 1 is 0.700 bits per heavy atom. The van der Waals surface area contributed by atoms with Gasteiger partial charge in [0.2, 0.25) is 0 Å². The molecule has 0 fully saturated rings. The van der Waals surface area contributed by atoms with E-state index < -0.39 is 0 Å². The van der Waals surface area contributed by atoms with Gasteiger partial charge in [0.15, 0.2) is 0 Å². The van der Waals surface area contributed by atoms with E-state index in [1.807, 2.05) is 24.4 Å². The van der Waals surface area contributed by atoms with Crippen molar-refractivity contribution < 1.29 is 0 Å². The van der Waals surface area contributed by atoms with Crippen LogP contribution in [0.2, 0.25) is 0 Å². The third kappa shape index (κ3) is 2.60. The number of nitrogens with zero attached hydrogens (tertiary/aromatic N) is 1. The SMILES string of the molecule is NCc1cc(-c2cccc(-c3ccccc3)c2)ccn1. The highest BCUT2D eigenvalue weighted by Gasteiger charge is 2.02. The zero-order valence-electron chi connectivity index (χ0n) is 11.2. The van der Waals surface area contributed by atoms with Crippen LogP contribution in [0.3, 0.4) is 0 Å². The topological polar surface area (TPSA) is 38.9 Å². The number of benzene rings is 2. The molecule has 0 saturated carbocycles. The molecule has 0 spiro atoms. The summed E-state index contributed by atoms with van der Waals surface area (Å²) in [7, 11) is 0. The van der Waals surface area contributed by atoms with Crippen molar-refractivity contribution in [2.24, 2.45) is 5.73 Å². The summed E-state index contributed by atoms with van der Waals surface area (Å²) in [4.78, 5) is 4.24. The van der Waals surface area contributed by atoms with Crippen molar-refractivity contribution in [2.75, 3.05) is 0 Å². The second-order valence-electron chi connectivity index (χ2n) is 4.69. The molecule has 0 bridgehead atoms. The minimum absolute atomic E-state index is 0.464. The van der Waals surface area contributed by atoms with Crippen molar-refractivity contribution in [3.63, 3.8) is 0 Å². The van der Waals surface area contributed by atoms with Gasteiger partial charge in [-0.3, -0.25) is 4.98 Å². The van der Waals surface area contributed by atoms with E-state index in [9.17, 15) is 0 Å². The van der Waals surface area contributed by atoms with Gasteiger partial charge in [-0.05, 0) is 40.5 Å². The van der Waals surface area contributed by atoms with Gasteiger partial charge in [-0.1, -0.05) is 48.5 Å². The molecule has 0 amide bonds.